The van der Waals surface area contributed by atoms with E-state index in [1.165, 1.54) is 77.5 Å². The second kappa shape index (κ2) is 12.2. The SMILES string of the molecule is C=Cc1ccc2sc3c(c2c1)CCN(CCCCCc1ccccc1CC(=C)C)C3.CC. The molecule has 0 atom stereocenters. The molecule has 0 N–H and O–H groups in total. The zero-order valence-corrected chi connectivity index (χ0v) is 21.1. The van der Waals surface area contributed by atoms with Gasteiger partial charge < -0.3 is 0 Å². The lowest BCUT2D eigenvalue weighted by Crippen LogP contribution is -2.30. The standard InChI is InChI=1S/C28H33NS.C2H6/c1-4-22-13-14-27-26(19-22)25-15-17-29(20-28(25)30-27)16-9-5-6-10-23-11-7-8-12-24(23)18-21(2)3;1-2/h4,7-8,11-14,19H,1-2,5-6,9-10,15-18,20H2,3H3;1-2H3. The second-order valence-corrected chi connectivity index (χ2v) is 9.84. The third-order valence-electron chi connectivity index (χ3n) is 6.21. The Morgan fingerprint density at radius 1 is 1.06 bits per heavy atom. The Balaban J connectivity index is 0.00000141. The highest BCUT2D eigenvalue weighted by molar-refractivity contribution is 7.19. The fourth-order valence-corrected chi connectivity index (χ4v) is 5.89. The summed E-state index contributed by atoms with van der Waals surface area (Å²) in [6.45, 7) is 17.7. The van der Waals surface area contributed by atoms with Crippen LogP contribution in [-0.4, -0.2) is 18.0 Å². The van der Waals surface area contributed by atoms with Gasteiger partial charge in [-0.2, -0.15) is 0 Å². The van der Waals surface area contributed by atoms with Gasteiger partial charge in [0.1, 0.15) is 0 Å². The average Bonchev–Trinajstić information content (AvgIpc) is 3.17. The number of nitrogens with zero attached hydrogens (tertiary/aromatic N) is 1. The molecule has 3 aromatic rings. The average molecular weight is 446 g/mol. The molecule has 0 spiro atoms. The first-order valence-corrected chi connectivity index (χ1v) is 13.1. The molecular weight excluding hydrogens is 406 g/mol. The Kier molecular flexibility index (Phi) is 9.32. The topological polar surface area (TPSA) is 3.24 Å². The van der Waals surface area contributed by atoms with E-state index in [0.717, 1.165) is 13.0 Å². The number of hydrogen-bond donors (Lipinski definition) is 0. The Morgan fingerprint density at radius 3 is 2.59 bits per heavy atom. The number of fused-ring (bicyclic) bond motifs is 3. The highest BCUT2D eigenvalue weighted by Crippen LogP contribution is 2.36. The Morgan fingerprint density at radius 2 is 1.84 bits per heavy atom. The Labute approximate surface area is 199 Å². The van der Waals surface area contributed by atoms with Gasteiger partial charge in [-0.25, -0.2) is 0 Å². The van der Waals surface area contributed by atoms with Crippen molar-refractivity contribution in [3.05, 3.63) is 88.3 Å². The molecule has 2 heteroatoms. The fourth-order valence-electron chi connectivity index (χ4n) is 4.62. The van der Waals surface area contributed by atoms with Crippen LogP contribution in [0.2, 0.25) is 0 Å². The van der Waals surface area contributed by atoms with Crippen molar-refractivity contribution in [1.82, 2.24) is 4.90 Å². The number of aryl methyl sites for hydroxylation is 1. The van der Waals surface area contributed by atoms with Crippen LogP contribution in [0.15, 0.2) is 61.2 Å². The first-order valence-electron chi connectivity index (χ1n) is 12.2. The van der Waals surface area contributed by atoms with Crippen LogP contribution in [-0.2, 0) is 25.8 Å². The molecule has 0 saturated carbocycles. The van der Waals surface area contributed by atoms with Crippen LogP contribution in [0.4, 0.5) is 0 Å². The molecule has 0 aliphatic carbocycles. The summed E-state index contributed by atoms with van der Waals surface area (Å²) in [4.78, 5) is 4.23. The van der Waals surface area contributed by atoms with Gasteiger partial charge in [0, 0.05) is 22.7 Å². The highest BCUT2D eigenvalue weighted by atomic mass is 32.1. The van der Waals surface area contributed by atoms with Crippen LogP contribution >= 0.6 is 11.3 Å². The zero-order valence-electron chi connectivity index (χ0n) is 20.3. The lowest BCUT2D eigenvalue weighted by Gasteiger charge is -2.26. The predicted octanol–water partition coefficient (Wildman–Crippen LogP) is 8.46. The quantitative estimate of drug-likeness (QED) is 0.236. The minimum Gasteiger partial charge on any atom is -0.298 e. The van der Waals surface area contributed by atoms with Crippen LogP contribution in [0.5, 0.6) is 0 Å². The van der Waals surface area contributed by atoms with Gasteiger partial charge in [-0.15, -0.1) is 11.3 Å². The Bertz CT molecular complexity index is 1040. The number of unbranched alkanes of at least 4 members (excludes halogenated alkanes) is 2. The van der Waals surface area contributed by atoms with E-state index >= 15 is 0 Å². The van der Waals surface area contributed by atoms with Gasteiger partial charge in [0.2, 0.25) is 0 Å². The Hall–Kier alpha value is -2.16. The minimum atomic E-state index is 1.01. The van der Waals surface area contributed by atoms with Crippen molar-refractivity contribution in [2.45, 2.75) is 65.8 Å². The molecular formula is C30H39NS. The van der Waals surface area contributed by atoms with E-state index in [1.807, 2.05) is 31.3 Å². The van der Waals surface area contributed by atoms with E-state index in [0.29, 0.717) is 0 Å². The molecule has 0 fully saturated rings. The number of rotatable bonds is 9. The molecule has 4 rings (SSSR count). The molecule has 1 aliphatic rings. The molecule has 0 unspecified atom stereocenters. The first-order chi connectivity index (χ1) is 15.6. The molecule has 0 radical (unpaired) electrons. The van der Waals surface area contributed by atoms with Crippen LogP contribution < -0.4 is 0 Å². The maximum Gasteiger partial charge on any atom is 0.0349 e. The molecule has 2 aromatic carbocycles. The van der Waals surface area contributed by atoms with E-state index < -0.39 is 0 Å². The van der Waals surface area contributed by atoms with Crippen LogP contribution in [0.3, 0.4) is 0 Å². The van der Waals surface area contributed by atoms with Crippen LogP contribution in [0.1, 0.15) is 67.2 Å². The van der Waals surface area contributed by atoms with Crippen molar-refractivity contribution < 1.29 is 0 Å². The van der Waals surface area contributed by atoms with E-state index in [9.17, 15) is 0 Å². The summed E-state index contributed by atoms with van der Waals surface area (Å²) >= 11 is 1.99. The molecule has 0 saturated heterocycles. The van der Waals surface area contributed by atoms with E-state index in [-0.39, 0.29) is 0 Å². The lowest BCUT2D eigenvalue weighted by molar-refractivity contribution is 0.252. The summed E-state index contributed by atoms with van der Waals surface area (Å²) in [5.74, 6) is 0. The van der Waals surface area contributed by atoms with Crippen molar-refractivity contribution in [2.75, 3.05) is 13.1 Å². The van der Waals surface area contributed by atoms with Gasteiger partial charge in [-0.3, -0.25) is 4.90 Å². The highest BCUT2D eigenvalue weighted by Gasteiger charge is 2.20. The van der Waals surface area contributed by atoms with E-state index in [1.54, 1.807) is 10.4 Å². The lowest BCUT2D eigenvalue weighted by atomic mass is 9.97. The maximum absolute atomic E-state index is 4.08. The summed E-state index contributed by atoms with van der Waals surface area (Å²) in [7, 11) is 0. The first kappa shape index (κ1) is 24.5. The van der Waals surface area contributed by atoms with Crippen molar-refractivity contribution in [1.29, 1.82) is 0 Å². The van der Waals surface area contributed by atoms with Gasteiger partial charge in [-0.05, 0) is 85.3 Å². The third-order valence-corrected chi connectivity index (χ3v) is 7.41. The van der Waals surface area contributed by atoms with Gasteiger partial charge >= 0.3 is 0 Å². The minimum absolute atomic E-state index is 1.01. The summed E-state index contributed by atoms with van der Waals surface area (Å²) in [6, 6.07) is 15.7. The molecule has 2 heterocycles. The van der Waals surface area contributed by atoms with Crippen molar-refractivity contribution in [3.8, 4) is 0 Å². The van der Waals surface area contributed by atoms with Gasteiger partial charge in [0.25, 0.3) is 0 Å². The van der Waals surface area contributed by atoms with Crippen molar-refractivity contribution in [2.24, 2.45) is 0 Å². The fraction of sp³-hybridized carbons (Fsp3) is 0.400. The predicted molar refractivity (Wildman–Crippen MR) is 145 cm³/mol. The molecule has 0 amide bonds. The van der Waals surface area contributed by atoms with E-state index in [4.69, 9.17) is 0 Å². The zero-order chi connectivity index (χ0) is 22.9. The number of thiophene rings is 1. The third kappa shape index (κ3) is 6.21. The largest absolute Gasteiger partial charge is 0.298 e. The maximum atomic E-state index is 4.08. The monoisotopic (exact) mass is 445 g/mol. The summed E-state index contributed by atoms with van der Waals surface area (Å²) in [5.41, 5.74) is 7.03. The van der Waals surface area contributed by atoms with Crippen molar-refractivity contribution >= 4 is 27.5 Å². The number of benzene rings is 2. The smallest absolute Gasteiger partial charge is 0.0349 e. The van der Waals surface area contributed by atoms with E-state index in [2.05, 4.69) is 67.4 Å². The van der Waals surface area contributed by atoms with Gasteiger partial charge in [0.15, 0.2) is 0 Å². The number of hydrogen-bond acceptors (Lipinski definition) is 2. The molecule has 1 nitrogen and oxygen atoms in total. The number of allylic oxidation sites excluding steroid dienone is 1. The van der Waals surface area contributed by atoms with Gasteiger partial charge in [0.05, 0.1) is 0 Å². The summed E-state index contributed by atoms with van der Waals surface area (Å²) in [5, 5.41) is 1.46. The normalized spacial score (nSPS) is 13.3. The summed E-state index contributed by atoms with van der Waals surface area (Å²) < 4.78 is 1.43. The van der Waals surface area contributed by atoms with Crippen molar-refractivity contribution in [3.63, 3.8) is 0 Å². The molecule has 1 aromatic heterocycles. The van der Waals surface area contributed by atoms with Crippen LogP contribution in [0, 0.1) is 0 Å². The molecule has 170 valence electrons. The molecule has 32 heavy (non-hydrogen) atoms. The summed E-state index contributed by atoms with van der Waals surface area (Å²) in [6.07, 6.45) is 9.22. The second-order valence-electron chi connectivity index (χ2n) is 8.70. The molecule has 1 aliphatic heterocycles. The van der Waals surface area contributed by atoms with Gasteiger partial charge in [-0.1, -0.05) is 75.4 Å². The molecule has 0 bridgehead atoms. The van der Waals surface area contributed by atoms with Crippen LogP contribution in [0.25, 0.3) is 16.2 Å².